The van der Waals surface area contributed by atoms with Crippen molar-refractivity contribution in [3.8, 4) is 0 Å². The second-order valence-corrected chi connectivity index (χ2v) is 7.41. The fourth-order valence-corrected chi connectivity index (χ4v) is 3.23. The molecule has 13 heteroatoms. The summed E-state index contributed by atoms with van der Waals surface area (Å²) < 4.78 is 5.19. The number of fused-ring (bicyclic) bond motifs is 2. The van der Waals surface area contributed by atoms with Crippen molar-refractivity contribution >= 4 is 28.1 Å². The van der Waals surface area contributed by atoms with Gasteiger partial charge in [-0.05, 0) is 19.8 Å². The zero-order valence-corrected chi connectivity index (χ0v) is 18.2. The molecule has 0 atom stereocenters. The van der Waals surface area contributed by atoms with Gasteiger partial charge in [0.15, 0.2) is 16.8 Å². The SMILES string of the molecule is CC(=O)CCCCn1c(=O)c2c(ncn2C)n(C)c1=O.Cn1c(=O)[nH]c2nc[nH]c2c1=O. The average Bonchev–Trinajstić information content (AvgIpc) is 3.37. The van der Waals surface area contributed by atoms with Crippen molar-refractivity contribution in [2.24, 2.45) is 21.1 Å². The third kappa shape index (κ3) is 4.22. The van der Waals surface area contributed by atoms with Crippen molar-refractivity contribution in [3.63, 3.8) is 0 Å². The van der Waals surface area contributed by atoms with Crippen LogP contribution in [0.25, 0.3) is 22.3 Å². The van der Waals surface area contributed by atoms with Crippen LogP contribution in [0.3, 0.4) is 0 Å². The van der Waals surface area contributed by atoms with Crippen LogP contribution in [0.4, 0.5) is 0 Å². The highest BCUT2D eigenvalue weighted by Gasteiger charge is 2.14. The van der Waals surface area contributed by atoms with Crippen LogP contribution in [0.2, 0.25) is 0 Å². The number of ketones is 1. The van der Waals surface area contributed by atoms with E-state index in [1.165, 1.54) is 35.8 Å². The lowest BCUT2D eigenvalue weighted by molar-refractivity contribution is -0.117. The number of hydrogen-bond donors (Lipinski definition) is 2. The van der Waals surface area contributed by atoms with Crippen molar-refractivity contribution in [2.45, 2.75) is 32.7 Å². The third-order valence-electron chi connectivity index (χ3n) is 5.05. The van der Waals surface area contributed by atoms with Gasteiger partial charge in [-0.3, -0.25) is 28.3 Å². The Morgan fingerprint density at radius 3 is 2.41 bits per heavy atom. The number of rotatable bonds is 5. The summed E-state index contributed by atoms with van der Waals surface area (Å²) in [5, 5.41) is 0. The molecule has 4 aromatic heterocycles. The van der Waals surface area contributed by atoms with Gasteiger partial charge in [-0.15, -0.1) is 0 Å². The maximum Gasteiger partial charge on any atom is 0.332 e. The Morgan fingerprint density at radius 2 is 1.72 bits per heavy atom. The molecule has 0 saturated heterocycles. The van der Waals surface area contributed by atoms with E-state index >= 15 is 0 Å². The number of aromatic amines is 2. The van der Waals surface area contributed by atoms with Crippen LogP contribution in [0.15, 0.2) is 31.8 Å². The van der Waals surface area contributed by atoms with Crippen LogP contribution in [0, 0.1) is 0 Å². The number of carbonyl (C=O) groups excluding carboxylic acids is 1. The van der Waals surface area contributed by atoms with Gasteiger partial charge < -0.3 is 14.3 Å². The van der Waals surface area contributed by atoms with Crippen molar-refractivity contribution < 1.29 is 4.79 Å². The van der Waals surface area contributed by atoms with E-state index in [-0.39, 0.29) is 22.6 Å². The summed E-state index contributed by atoms with van der Waals surface area (Å²) >= 11 is 0. The fraction of sp³-hybridized carbons (Fsp3) is 0.421. The quantitative estimate of drug-likeness (QED) is 0.378. The largest absolute Gasteiger partial charge is 0.339 e. The van der Waals surface area contributed by atoms with Crippen molar-refractivity contribution in [3.05, 3.63) is 54.3 Å². The number of hydrogen-bond acceptors (Lipinski definition) is 7. The molecule has 0 spiro atoms. The second-order valence-electron chi connectivity index (χ2n) is 7.41. The van der Waals surface area contributed by atoms with Gasteiger partial charge in [0, 0.05) is 34.1 Å². The number of imidazole rings is 2. The van der Waals surface area contributed by atoms with E-state index in [4.69, 9.17) is 0 Å². The number of aromatic nitrogens is 8. The minimum Gasteiger partial charge on any atom is -0.339 e. The lowest BCUT2D eigenvalue weighted by Gasteiger charge is -2.08. The molecule has 4 rings (SSSR count). The molecule has 32 heavy (non-hydrogen) atoms. The molecular weight excluding hydrogens is 420 g/mol. The number of carbonyl (C=O) groups is 1. The zero-order valence-electron chi connectivity index (χ0n) is 18.2. The summed E-state index contributed by atoms with van der Waals surface area (Å²) in [7, 11) is 4.73. The third-order valence-corrected chi connectivity index (χ3v) is 5.05. The van der Waals surface area contributed by atoms with Gasteiger partial charge in [-0.2, -0.15) is 0 Å². The Hall–Kier alpha value is -4.03. The molecule has 0 radical (unpaired) electrons. The molecule has 0 aliphatic carbocycles. The lowest BCUT2D eigenvalue weighted by Crippen LogP contribution is -2.39. The minimum atomic E-state index is -0.459. The summed E-state index contributed by atoms with van der Waals surface area (Å²) in [6.07, 6.45) is 4.66. The molecule has 0 aliphatic heterocycles. The van der Waals surface area contributed by atoms with Gasteiger partial charge in [0.1, 0.15) is 11.3 Å². The predicted octanol–water partition coefficient (Wildman–Crippen LogP) is -0.857. The highest BCUT2D eigenvalue weighted by Crippen LogP contribution is 2.04. The van der Waals surface area contributed by atoms with E-state index in [1.54, 1.807) is 18.7 Å². The minimum absolute atomic E-state index is 0.118. The molecule has 0 fully saturated rings. The Morgan fingerprint density at radius 1 is 1.00 bits per heavy atom. The van der Waals surface area contributed by atoms with Crippen LogP contribution in [0.5, 0.6) is 0 Å². The molecule has 0 bridgehead atoms. The van der Waals surface area contributed by atoms with Gasteiger partial charge in [0.2, 0.25) is 0 Å². The molecule has 4 heterocycles. The first-order valence-electron chi connectivity index (χ1n) is 9.86. The van der Waals surface area contributed by atoms with Gasteiger partial charge in [0.25, 0.3) is 11.1 Å². The lowest BCUT2D eigenvalue weighted by atomic mass is 10.2. The van der Waals surface area contributed by atoms with Crippen LogP contribution in [-0.2, 0) is 32.5 Å². The molecule has 4 aromatic rings. The number of aryl methyl sites for hydroxylation is 2. The molecule has 2 N–H and O–H groups in total. The number of Topliss-reactive ketones (excluding diaryl/α,β-unsaturated/α-hetero) is 1. The molecule has 0 aromatic carbocycles. The summed E-state index contributed by atoms with van der Waals surface area (Å²) in [6.45, 7) is 1.85. The molecule has 170 valence electrons. The predicted molar refractivity (Wildman–Crippen MR) is 117 cm³/mol. The van der Waals surface area contributed by atoms with Crippen molar-refractivity contribution in [2.75, 3.05) is 0 Å². The number of unbranched alkanes of at least 4 members (excludes halogenated alkanes) is 1. The van der Waals surface area contributed by atoms with Crippen molar-refractivity contribution in [1.29, 1.82) is 0 Å². The first kappa shape index (κ1) is 22.7. The number of nitrogens with zero attached hydrogens (tertiary/aromatic N) is 6. The highest BCUT2D eigenvalue weighted by atomic mass is 16.2. The van der Waals surface area contributed by atoms with E-state index in [2.05, 4.69) is 19.9 Å². The van der Waals surface area contributed by atoms with Crippen LogP contribution in [-0.4, -0.2) is 44.0 Å². The van der Waals surface area contributed by atoms with Crippen LogP contribution >= 0.6 is 0 Å². The van der Waals surface area contributed by atoms with Gasteiger partial charge in [-0.25, -0.2) is 19.6 Å². The molecule has 0 saturated carbocycles. The Bertz CT molecular complexity index is 1530. The molecular formula is C19H24N8O5. The van der Waals surface area contributed by atoms with Crippen LogP contribution in [0.1, 0.15) is 26.2 Å². The smallest absolute Gasteiger partial charge is 0.332 e. The highest BCUT2D eigenvalue weighted by molar-refractivity contribution is 5.75. The first-order chi connectivity index (χ1) is 15.1. The zero-order chi connectivity index (χ0) is 23.6. The Balaban J connectivity index is 0.000000204. The summed E-state index contributed by atoms with van der Waals surface area (Å²) in [5.74, 6) is 0.118. The number of nitrogens with one attached hydrogen (secondary N) is 2. The molecule has 0 amide bonds. The van der Waals surface area contributed by atoms with E-state index in [0.29, 0.717) is 48.1 Å². The second kappa shape index (κ2) is 8.99. The van der Waals surface area contributed by atoms with Gasteiger partial charge >= 0.3 is 11.4 Å². The van der Waals surface area contributed by atoms with Crippen LogP contribution < -0.4 is 22.5 Å². The average molecular weight is 444 g/mol. The Labute approximate surface area is 180 Å². The number of H-pyrrole nitrogens is 2. The standard InChI is InChI=1S/C13H18N4O3.C6H6N4O2/c1-9(18)6-4-5-7-17-12(19)10-11(14-8-15(10)2)16(3)13(17)20;1-10-5(11)3-4(8-2-7-3)9-6(10)12/h8H,4-7H2,1-3H3;2H,1H3,(H,7,8)(H,9,12). The molecule has 0 unspecified atom stereocenters. The van der Waals surface area contributed by atoms with E-state index in [9.17, 15) is 24.0 Å². The molecule has 13 nitrogen and oxygen atoms in total. The normalized spacial score (nSPS) is 11.0. The van der Waals surface area contributed by atoms with Crippen molar-refractivity contribution in [1.82, 2.24) is 38.2 Å². The summed E-state index contributed by atoms with van der Waals surface area (Å²) in [5.41, 5.74) is -0.109. The van der Waals surface area contributed by atoms with E-state index in [0.717, 1.165) is 4.57 Å². The Kier molecular flexibility index (Phi) is 6.37. The monoisotopic (exact) mass is 444 g/mol. The van der Waals surface area contributed by atoms with Gasteiger partial charge in [-0.1, -0.05) is 0 Å². The summed E-state index contributed by atoms with van der Waals surface area (Å²) in [6, 6.07) is 0. The molecule has 0 aliphatic rings. The first-order valence-corrected chi connectivity index (χ1v) is 9.86. The maximum absolute atomic E-state index is 12.3. The van der Waals surface area contributed by atoms with Gasteiger partial charge in [0.05, 0.1) is 12.7 Å². The topological polar surface area (TPSA) is 162 Å². The fourth-order valence-electron chi connectivity index (χ4n) is 3.23. The summed E-state index contributed by atoms with van der Waals surface area (Å²) in [4.78, 5) is 70.6. The van der Waals surface area contributed by atoms with E-state index < -0.39 is 5.69 Å². The van der Waals surface area contributed by atoms with E-state index in [1.807, 2.05) is 0 Å². The maximum atomic E-state index is 12.3.